The number of hydrogen-bond donors (Lipinski definition) is 0. The van der Waals surface area contributed by atoms with Gasteiger partial charge in [0, 0.05) is 23.7 Å². The van der Waals surface area contributed by atoms with E-state index in [1.165, 1.54) is 4.52 Å². The van der Waals surface area contributed by atoms with Crippen LogP contribution in [0.25, 0.3) is 28.0 Å². The Morgan fingerprint density at radius 1 is 0.900 bits per heavy atom. The second kappa shape index (κ2) is 10.9. The molecule has 0 aliphatic rings. The van der Waals surface area contributed by atoms with Gasteiger partial charge in [-0.15, -0.1) is 0 Å². The van der Waals surface area contributed by atoms with E-state index in [9.17, 15) is 9.59 Å². The van der Waals surface area contributed by atoms with Gasteiger partial charge in [-0.1, -0.05) is 72.5 Å². The Balaban J connectivity index is 1.45. The van der Waals surface area contributed by atoms with Gasteiger partial charge in [-0.05, 0) is 48.0 Å². The van der Waals surface area contributed by atoms with E-state index in [0.29, 0.717) is 23.3 Å². The average molecular weight is 546 g/mol. The maximum atomic E-state index is 13.4. The van der Waals surface area contributed by atoms with Crippen LogP contribution >= 0.6 is 11.3 Å². The molecule has 0 unspecified atom stereocenters. The van der Waals surface area contributed by atoms with Crippen LogP contribution < -0.4 is 20.4 Å². The Hall–Kier alpha value is -5.15. The van der Waals surface area contributed by atoms with E-state index in [0.717, 1.165) is 39.5 Å². The first-order valence-corrected chi connectivity index (χ1v) is 13.4. The lowest BCUT2D eigenvalue weighted by atomic mass is 10.1. The van der Waals surface area contributed by atoms with Crippen LogP contribution in [0.3, 0.4) is 0 Å². The fourth-order valence-electron chi connectivity index (χ4n) is 4.28. The molecule has 0 radical (unpaired) electrons. The maximum Gasteiger partial charge on any atom is 0.296 e. The topological polar surface area (TPSA) is 91.4 Å². The second-order valence-electron chi connectivity index (χ2n) is 8.97. The fourth-order valence-corrected chi connectivity index (χ4v) is 5.17. The van der Waals surface area contributed by atoms with E-state index in [1.54, 1.807) is 16.8 Å². The molecule has 3 aromatic carbocycles. The van der Waals surface area contributed by atoms with Crippen LogP contribution in [0, 0.1) is 0 Å². The molecule has 0 saturated carbocycles. The van der Waals surface area contributed by atoms with E-state index in [2.05, 4.69) is 16.7 Å². The monoisotopic (exact) mass is 545 g/mol. The van der Waals surface area contributed by atoms with Gasteiger partial charge in [0.15, 0.2) is 0 Å². The molecule has 0 aliphatic carbocycles. The summed E-state index contributed by atoms with van der Waals surface area (Å²) in [6, 6.07) is 26.8. The molecular weight excluding hydrogens is 522 g/mol. The van der Waals surface area contributed by atoms with Gasteiger partial charge in [0.1, 0.15) is 23.7 Å². The lowest BCUT2D eigenvalue weighted by Crippen LogP contribution is -2.28. The zero-order valence-corrected chi connectivity index (χ0v) is 22.1. The fraction of sp³-hybridized carbons (Fsp3) is 0.0645. The predicted molar refractivity (Wildman–Crippen MR) is 156 cm³/mol. The minimum Gasteiger partial charge on any atom is -0.490 e. The van der Waals surface area contributed by atoms with Crippen molar-refractivity contribution in [3.8, 4) is 22.7 Å². The highest BCUT2D eigenvalue weighted by molar-refractivity contribution is 7.15. The molecule has 40 heavy (non-hydrogen) atoms. The summed E-state index contributed by atoms with van der Waals surface area (Å²) < 4.78 is 9.01. The van der Waals surface area contributed by atoms with E-state index in [1.807, 2.05) is 91.1 Å². The quantitative estimate of drug-likeness (QED) is 0.268. The number of para-hydroxylation sites is 1. The van der Waals surface area contributed by atoms with Crippen molar-refractivity contribution in [2.24, 2.45) is 0 Å². The first-order chi connectivity index (χ1) is 19.6. The summed E-state index contributed by atoms with van der Waals surface area (Å²) in [5, 5.41) is 9.22. The van der Waals surface area contributed by atoms with Crippen LogP contribution in [0.4, 0.5) is 0 Å². The molecule has 0 spiro atoms. The standard InChI is InChI=1S/C31H23N5O3S/c1-2-17-39-25-15-13-22(14-16-25)28-23(20-35(34-28)24-11-7-4-8-12-24)19-27-30(38)36-31(40-27)32-29(37)26(33-36)18-21-9-5-3-6-10-21/h2-16,19-20H,1,17-18H2/b27-19-. The Morgan fingerprint density at radius 3 is 2.35 bits per heavy atom. The number of aromatic nitrogens is 5. The summed E-state index contributed by atoms with van der Waals surface area (Å²) in [6.45, 7) is 4.09. The van der Waals surface area contributed by atoms with Crippen molar-refractivity contribution < 1.29 is 4.74 Å². The van der Waals surface area contributed by atoms with Crippen molar-refractivity contribution >= 4 is 22.4 Å². The van der Waals surface area contributed by atoms with Gasteiger partial charge in [0.25, 0.3) is 11.1 Å². The van der Waals surface area contributed by atoms with Gasteiger partial charge in [-0.25, -0.2) is 4.68 Å². The molecule has 0 N–H and O–H groups in total. The zero-order chi connectivity index (χ0) is 27.5. The van der Waals surface area contributed by atoms with Crippen LogP contribution in [0.2, 0.25) is 0 Å². The van der Waals surface area contributed by atoms with Crippen LogP contribution in [0.5, 0.6) is 5.75 Å². The SMILES string of the molecule is C=CCOc1ccc(-c2nn(-c3ccccc3)cc2/C=c2\sc3nc(=O)c(Cc4ccccc4)nn3c2=O)cc1. The summed E-state index contributed by atoms with van der Waals surface area (Å²) in [7, 11) is 0. The molecule has 3 heterocycles. The number of fused-ring (bicyclic) bond motifs is 1. The summed E-state index contributed by atoms with van der Waals surface area (Å²) >= 11 is 1.12. The number of nitrogens with zero attached hydrogens (tertiary/aromatic N) is 5. The summed E-state index contributed by atoms with van der Waals surface area (Å²) in [5.74, 6) is 0.719. The van der Waals surface area contributed by atoms with Crippen LogP contribution in [-0.4, -0.2) is 31.0 Å². The summed E-state index contributed by atoms with van der Waals surface area (Å²) in [6.07, 6.45) is 5.64. The molecule has 0 fully saturated rings. The molecule has 6 aromatic rings. The minimum absolute atomic E-state index is 0.224. The van der Waals surface area contributed by atoms with E-state index >= 15 is 0 Å². The molecule has 0 atom stereocenters. The highest BCUT2D eigenvalue weighted by Gasteiger charge is 2.15. The smallest absolute Gasteiger partial charge is 0.296 e. The molecule has 6 rings (SSSR count). The van der Waals surface area contributed by atoms with E-state index < -0.39 is 5.56 Å². The number of hydrogen-bond acceptors (Lipinski definition) is 7. The van der Waals surface area contributed by atoms with Crippen molar-refractivity contribution in [1.29, 1.82) is 0 Å². The van der Waals surface area contributed by atoms with Crippen molar-refractivity contribution in [2.75, 3.05) is 6.61 Å². The van der Waals surface area contributed by atoms with Gasteiger partial charge >= 0.3 is 0 Å². The highest BCUT2D eigenvalue weighted by Crippen LogP contribution is 2.26. The van der Waals surface area contributed by atoms with Crippen molar-refractivity contribution in [3.05, 3.63) is 146 Å². The van der Waals surface area contributed by atoms with E-state index in [-0.39, 0.29) is 16.2 Å². The Kier molecular flexibility index (Phi) is 6.86. The average Bonchev–Trinajstić information content (AvgIpc) is 3.54. The Morgan fingerprint density at radius 2 is 1.62 bits per heavy atom. The second-order valence-corrected chi connectivity index (χ2v) is 9.98. The van der Waals surface area contributed by atoms with Crippen LogP contribution in [0.15, 0.2) is 113 Å². The van der Waals surface area contributed by atoms with Gasteiger partial charge in [0.2, 0.25) is 4.96 Å². The van der Waals surface area contributed by atoms with Crippen molar-refractivity contribution in [3.63, 3.8) is 0 Å². The molecule has 9 heteroatoms. The number of ether oxygens (including phenoxy) is 1. The third-order valence-electron chi connectivity index (χ3n) is 6.21. The van der Waals surface area contributed by atoms with Gasteiger partial charge < -0.3 is 4.74 Å². The predicted octanol–water partition coefficient (Wildman–Crippen LogP) is 4.07. The zero-order valence-electron chi connectivity index (χ0n) is 21.3. The normalized spacial score (nSPS) is 11.7. The molecule has 0 aliphatic heterocycles. The molecule has 0 saturated heterocycles. The molecule has 8 nitrogen and oxygen atoms in total. The van der Waals surface area contributed by atoms with Crippen LogP contribution in [-0.2, 0) is 6.42 Å². The summed E-state index contributed by atoms with van der Waals surface area (Å²) in [5.41, 5.74) is 3.53. The largest absolute Gasteiger partial charge is 0.490 e. The van der Waals surface area contributed by atoms with Crippen molar-refractivity contribution in [2.45, 2.75) is 6.42 Å². The van der Waals surface area contributed by atoms with Crippen molar-refractivity contribution in [1.82, 2.24) is 24.4 Å². The number of thiazole rings is 1. The summed E-state index contributed by atoms with van der Waals surface area (Å²) in [4.78, 5) is 30.5. The third-order valence-corrected chi connectivity index (χ3v) is 7.17. The van der Waals surface area contributed by atoms with Gasteiger partial charge in [-0.2, -0.15) is 19.7 Å². The molecule has 0 bridgehead atoms. The number of benzene rings is 3. The highest BCUT2D eigenvalue weighted by atomic mass is 32.1. The Labute approximate surface area is 232 Å². The van der Waals surface area contributed by atoms with Gasteiger partial charge in [0.05, 0.1) is 10.2 Å². The first kappa shape index (κ1) is 25.1. The first-order valence-electron chi connectivity index (χ1n) is 12.6. The number of rotatable bonds is 8. The van der Waals surface area contributed by atoms with Gasteiger partial charge in [-0.3, -0.25) is 9.59 Å². The Bertz CT molecular complexity index is 1980. The minimum atomic E-state index is -0.437. The lowest BCUT2D eigenvalue weighted by molar-refractivity contribution is 0.363. The van der Waals surface area contributed by atoms with Crippen LogP contribution in [0.1, 0.15) is 16.8 Å². The maximum absolute atomic E-state index is 13.4. The lowest BCUT2D eigenvalue weighted by Gasteiger charge is -2.04. The third kappa shape index (κ3) is 5.10. The molecule has 3 aromatic heterocycles. The molecule has 196 valence electrons. The van der Waals surface area contributed by atoms with E-state index in [4.69, 9.17) is 9.84 Å². The molecular formula is C31H23N5O3S. The molecule has 0 amide bonds.